The van der Waals surface area contributed by atoms with Crippen LogP contribution in [0.5, 0.6) is 0 Å². The topological polar surface area (TPSA) is 85.8 Å². The van der Waals surface area contributed by atoms with Gasteiger partial charge in [0.1, 0.15) is 0 Å². The van der Waals surface area contributed by atoms with Crippen molar-refractivity contribution < 1.29 is 9.32 Å². The second kappa shape index (κ2) is 5.92. The van der Waals surface area contributed by atoms with Crippen LogP contribution in [0.3, 0.4) is 0 Å². The quantitative estimate of drug-likeness (QED) is 0.780. The number of nitrogens with zero attached hydrogens (tertiary/aromatic N) is 4. The van der Waals surface area contributed by atoms with Crippen LogP contribution in [0.15, 0.2) is 41.2 Å². The van der Waals surface area contributed by atoms with Crippen LogP contribution < -0.4 is 5.32 Å². The summed E-state index contributed by atoms with van der Waals surface area (Å²) in [5.41, 5.74) is 1.97. The molecule has 1 amide bonds. The largest absolute Gasteiger partial charge is 0.339 e. The van der Waals surface area contributed by atoms with Gasteiger partial charge in [0, 0.05) is 29.8 Å². The maximum atomic E-state index is 12.4. The third-order valence-corrected chi connectivity index (χ3v) is 3.97. The van der Waals surface area contributed by atoms with Crippen LogP contribution in [0, 0.1) is 0 Å². The highest BCUT2D eigenvalue weighted by atomic mass is 16.5. The number of rotatable bonds is 5. The van der Waals surface area contributed by atoms with Gasteiger partial charge in [0.15, 0.2) is 0 Å². The number of amides is 1. The van der Waals surface area contributed by atoms with Gasteiger partial charge in [0.05, 0.1) is 11.9 Å². The molecule has 0 radical (unpaired) electrons. The van der Waals surface area contributed by atoms with Crippen LogP contribution in [0.25, 0.3) is 11.4 Å². The van der Waals surface area contributed by atoms with Gasteiger partial charge in [-0.1, -0.05) is 17.3 Å². The van der Waals surface area contributed by atoms with Crippen molar-refractivity contribution in [3.05, 3.63) is 48.1 Å². The van der Waals surface area contributed by atoms with Crippen molar-refractivity contribution in [2.75, 3.05) is 5.32 Å². The molecule has 1 N–H and O–H groups in total. The number of aromatic nitrogens is 4. The first-order valence-corrected chi connectivity index (χ1v) is 8.01. The van der Waals surface area contributed by atoms with E-state index in [4.69, 9.17) is 4.52 Å². The van der Waals surface area contributed by atoms with E-state index < -0.39 is 0 Å². The smallest absolute Gasteiger partial charge is 0.255 e. The summed E-state index contributed by atoms with van der Waals surface area (Å²) >= 11 is 0. The van der Waals surface area contributed by atoms with E-state index >= 15 is 0 Å². The summed E-state index contributed by atoms with van der Waals surface area (Å²) in [5.74, 6) is 1.42. The normalized spacial score (nSPS) is 13.9. The molecule has 0 unspecified atom stereocenters. The molecule has 4 rings (SSSR count). The molecule has 0 aliphatic heterocycles. The molecule has 3 aromatic rings. The number of hydrogen-bond donors (Lipinski definition) is 1. The van der Waals surface area contributed by atoms with E-state index in [1.807, 2.05) is 19.1 Å². The van der Waals surface area contributed by atoms with E-state index in [1.165, 1.54) is 0 Å². The molecule has 24 heavy (non-hydrogen) atoms. The lowest BCUT2D eigenvalue weighted by atomic mass is 10.1. The summed E-state index contributed by atoms with van der Waals surface area (Å²) in [5, 5.41) is 11.0. The summed E-state index contributed by atoms with van der Waals surface area (Å²) in [6, 6.07) is 7.20. The lowest BCUT2D eigenvalue weighted by Crippen LogP contribution is -2.11. The van der Waals surface area contributed by atoms with Gasteiger partial charge < -0.3 is 9.84 Å². The van der Waals surface area contributed by atoms with Crippen molar-refractivity contribution >= 4 is 11.6 Å². The monoisotopic (exact) mass is 323 g/mol. The molecule has 1 fully saturated rings. The molecule has 2 aromatic heterocycles. The molecule has 7 nitrogen and oxygen atoms in total. The van der Waals surface area contributed by atoms with E-state index in [-0.39, 0.29) is 5.91 Å². The Bertz CT molecular complexity index is 879. The molecule has 0 atom stereocenters. The maximum absolute atomic E-state index is 12.4. The van der Waals surface area contributed by atoms with Crippen LogP contribution in [0.4, 0.5) is 5.69 Å². The first-order valence-electron chi connectivity index (χ1n) is 8.01. The Morgan fingerprint density at radius 2 is 2.29 bits per heavy atom. The van der Waals surface area contributed by atoms with Crippen LogP contribution in [-0.2, 0) is 6.54 Å². The lowest BCUT2D eigenvalue weighted by Gasteiger charge is -2.03. The molecule has 0 spiro atoms. The summed E-state index contributed by atoms with van der Waals surface area (Å²) in [4.78, 5) is 16.8. The predicted octanol–water partition coefficient (Wildman–Crippen LogP) is 3.08. The maximum Gasteiger partial charge on any atom is 0.255 e. The fourth-order valence-electron chi connectivity index (χ4n) is 2.45. The minimum Gasteiger partial charge on any atom is -0.339 e. The van der Waals surface area contributed by atoms with E-state index in [0.717, 1.165) is 24.9 Å². The summed E-state index contributed by atoms with van der Waals surface area (Å²) < 4.78 is 7.04. The first kappa shape index (κ1) is 14.6. The Morgan fingerprint density at radius 1 is 1.42 bits per heavy atom. The zero-order chi connectivity index (χ0) is 16.5. The Balaban J connectivity index is 1.53. The minimum absolute atomic E-state index is 0.196. The molecule has 0 saturated heterocycles. The van der Waals surface area contributed by atoms with Gasteiger partial charge >= 0.3 is 0 Å². The van der Waals surface area contributed by atoms with E-state index in [2.05, 4.69) is 20.6 Å². The van der Waals surface area contributed by atoms with Gasteiger partial charge in [-0.3, -0.25) is 9.48 Å². The Labute approximate surface area is 138 Å². The van der Waals surface area contributed by atoms with Crippen molar-refractivity contribution in [3.63, 3.8) is 0 Å². The second-order valence-corrected chi connectivity index (χ2v) is 5.85. The third kappa shape index (κ3) is 2.92. The number of anilines is 1. The molecule has 1 aliphatic rings. The van der Waals surface area contributed by atoms with Crippen molar-refractivity contribution in [1.29, 1.82) is 0 Å². The molecule has 1 saturated carbocycles. The number of carbonyl (C=O) groups excluding carboxylic acids is 1. The fraction of sp³-hybridized carbons (Fsp3) is 0.294. The Hall–Kier alpha value is -2.96. The van der Waals surface area contributed by atoms with Crippen molar-refractivity contribution in [2.45, 2.75) is 32.2 Å². The highest BCUT2D eigenvalue weighted by Crippen LogP contribution is 2.39. The summed E-state index contributed by atoms with van der Waals surface area (Å²) in [7, 11) is 0. The van der Waals surface area contributed by atoms with Crippen LogP contribution in [-0.4, -0.2) is 25.8 Å². The standard InChI is InChI=1S/C17H17N5O2/c1-2-22-10-14(9-18-22)19-16(23)13-5-3-4-12(8-13)15-20-17(24-21-15)11-6-7-11/h3-5,8-11H,2,6-7H2,1H3,(H,19,23). The summed E-state index contributed by atoms with van der Waals surface area (Å²) in [6.07, 6.45) is 5.64. The van der Waals surface area contributed by atoms with E-state index in [1.54, 1.807) is 29.2 Å². The van der Waals surface area contributed by atoms with Gasteiger partial charge in [-0.2, -0.15) is 10.1 Å². The zero-order valence-electron chi connectivity index (χ0n) is 13.3. The number of carbonyl (C=O) groups is 1. The van der Waals surface area contributed by atoms with Gasteiger partial charge in [0.25, 0.3) is 5.91 Å². The van der Waals surface area contributed by atoms with E-state index in [0.29, 0.717) is 28.9 Å². The molecular weight excluding hydrogens is 306 g/mol. The van der Waals surface area contributed by atoms with E-state index in [9.17, 15) is 4.79 Å². The first-order chi connectivity index (χ1) is 11.7. The Morgan fingerprint density at radius 3 is 3.04 bits per heavy atom. The molecule has 122 valence electrons. The number of aryl methyl sites for hydroxylation is 1. The number of benzene rings is 1. The molecule has 0 bridgehead atoms. The average Bonchev–Trinajstić information content (AvgIpc) is 3.17. The van der Waals surface area contributed by atoms with Gasteiger partial charge in [0.2, 0.25) is 11.7 Å². The fourth-order valence-corrected chi connectivity index (χ4v) is 2.45. The van der Waals surface area contributed by atoms with Gasteiger partial charge in [-0.05, 0) is 31.9 Å². The summed E-state index contributed by atoms with van der Waals surface area (Å²) in [6.45, 7) is 2.75. The van der Waals surface area contributed by atoms with Crippen LogP contribution in [0.1, 0.15) is 41.9 Å². The molecule has 1 aromatic carbocycles. The minimum atomic E-state index is -0.196. The van der Waals surface area contributed by atoms with Gasteiger partial charge in [-0.15, -0.1) is 0 Å². The SMILES string of the molecule is CCn1cc(NC(=O)c2cccc(-c3noc(C4CC4)n3)c2)cn1. The predicted molar refractivity (Wildman–Crippen MR) is 87.6 cm³/mol. The average molecular weight is 323 g/mol. The van der Waals surface area contributed by atoms with Crippen molar-refractivity contribution in [2.24, 2.45) is 0 Å². The second-order valence-electron chi connectivity index (χ2n) is 5.85. The lowest BCUT2D eigenvalue weighted by molar-refractivity contribution is 0.102. The van der Waals surface area contributed by atoms with Crippen molar-refractivity contribution in [1.82, 2.24) is 19.9 Å². The molecular formula is C17H17N5O2. The van der Waals surface area contributed by atoms with Crippen LogP contribution >= 0.6 is 0 Å². The number of nitrogens with one attached hydrogen (secondary N) is 1. The highest BCUT2D eigenvalue weighted by molar-refractivity contribution is 6.04. The molecule has 7 heteroatoms. The third-order valence-electron chi connectivity index (χ3n) is 3.97. The zero-order valence-corrected chi connectivity index (χ0v) is 13.3. The van der Waals surface area contributed by atoms with Crippen LogP contribution in [0.2, 0.25) is 0 Å². The van der Waals surface area contributed by atoms with Gasteiger partial charge in [-0.25, -0.2) is 0 Å². The molecule has 1 aliphatic carbocycles. The molecule has 2 heterocycles. The highest BCUT2D eigenvalue weighted by Gasteiger charge is 2.29. The number of hydrogen-bond acceptors (Lipinski definition) is 5. The van der Waals surface area contributed by atoms with Crippen molar-refractivity contribution in [3.8, 4) is 11.4 Å². The Kier molecular flexibility index (Phi) is 3.60.